The largest absolute Gasteiger partial charge is 0.318 e. The Labute approximate surface area is 164 Å². The molecular weight excluding hydrogens is 445 g/mol. The Hall–Kier alpha value is -2.75. The summed E-state index contributed by atoms with van der Waals surface area (Å²) in [6.07, 6.45) is 3.12. The maximum absolute atomic E-state index is 11.0. The van der Waals surface area contributed by atoms with Crippen molar-refractivity contribution in [3.63, 3.8) is 0 Å². The third-order valence-corrected chi connectivity index (χ3v) is 4.56. The Morgan fingerprint density at radius 1 is 1.27 bits per heavy atom. The van der Waals surface area contributed by atoms with Gasteiger partial charge in [-0.3, -0.25) is 15.5 Å². The van der Waals surface area contributed by atoms with Crippen LogP contribution in [0.25, 0.3) is 5.69 Å². The van der Waals surface area contributed by atoms with E-state index in [-0.39, 0.29) is 11.5 Å². The smallest absolute Gasteiger partial charge is 0.313 e. The lowest BCUT2D eigenvalue weighted by atomic mass is 10.2. The number of rotatable bonds is 5. The first-order chi connectivity index (χ1) is 12.5. The zero-order chi connectivity index (χ0) is 18.7. The van der Waals surface area contributed by atoms with Crippen molar-refractivity contribution in [1.29, 1.82) is 0 Å². The fraction of sp³-hybridized carbons (Fsp3) is 0.111. The van der Waals surface area contributed by atoms with Crippen LogP contribution in [0.4, 0.5) is 11.5 Å². The Morgan fingerprint density at radius 3 is 2.81 bits per heavy atom. The molecule has 3 rings (SSSR count). The van der Waals surface area contributed by atoms with Gasteiger partial charge in [0, 0.05) is 38.5 Å². The number of hydrogen-bond acceptors (Lipinski definition) is 5. The molecule has 2 aromatic heterocycles. The van der Waals surface area contributed by atoms with Gasteiger partial charge in [0.2, 0.25) is 5.82 Å². The summed E-state index contributed by atoms with van der Waals surface area (Å²) in [5.74, 6) is 0.111. The van der Waals surface area contributed by atoms with Crippen molar-refractivity contribution in [1.82, 2.24) is 9.55 Å². The molecular formula is C18H16IN5O2. The zero-order valence-corrected chi connectivity index (χ0v) is 16.3. The number of nitro groups is 1. The van der Waals surface area contributed by atoms with Crippen molar-refractivity contribution in [3.05, 3.63) is 79.3 Å². The molecule has 0 aliphatic heterocycles. The zero-order valence-electron chi connectivity index (χ0n) is 14.2. The van der Waals surface area contributed by atoms with E-state index in [9.17, 15) is 10.1 Å². The molecule has 1 aromatic carbocycles. The second kappa shape index (κ2) is 7.65. The molecule has 0 saturated carbocycles. The maximum atomic E-state index is 11.0. The molecule has 0 atom stereocenters. The molecule has 0 spiro atoms. The van der Waals surface area contributed by atoms with Gasteiger partial charge >= 0.3 is 5.69 Å². The van der Waals surface area contributed by atoms with E-state index in [2.05, 4.69) is 54.8 Å². The molecule has 0 unspecified atom stereocenters. The van der Waals surface area contributed by atoms with Crippen molar-refractivity contribution >= 4 is 40.3 Å². The molecule has 0 aliphatic carbocycles. The summed E-state index contributed by atoms with van der Waals surface area (Å²) >= 11 is 2.29. The molecule has 0 aliphatic rings. The predicted molar refractivity (Wildman–Crippen MR) is 110 cm³/mol. The van der Waals surface area contributed by atoms with E-state index in [0.29, 0.717) is 0 Å². The highest BCUT2D eigenvalue weighted by Crippen LogP contribution is 2.22. The summed E-state index contributed by atoms with van der Waals surface area (Å²) in [5, 5.41) is 15.1. The molecule has 8 heteroatoms. The Bertz CT molecular complexity index is 997. The minimum absolute atomic E-state index is 0.111. The Balaban J connectivity index is 1.87. The van der Waals surface area contributed by atoms with E-state index in [0.717, 1.165) is 26.2 Å². The fourth-order valence-corrected chi connectivity index (χ4v) is 3.25. The summed E-state index contributed by atoms with van der Waals surface area (Å²) in [7, 11) is 0. The number of hydrazone groups is 1. The first-order valence-corrected chi connectivity index (χ1v) is 8.88. The second-order valence-electron chi connectivity index (χ2n) is 5.64. The van der Waals surface area contributed by atoms with Gasteiger partial charge in [-0.05, 0) is 66.8 Å². The van der Waals surface area contributed by atoms with Crippen molar-refractivity contribution in [2.45, 2.75) is 13.8 Å². The summed E-state index contributed by atoms with van der Waals surface area (Å²) < 4.78 is 3.30. The minimum atomic E-state index is -0.492. The van der Waals surface area contributed by atoms with Gasteiger partial charge in [0.25, 0.3) is 0 Å². The SMILES string of the molecule is Cc1cc(/C=N\Nc2ncccc2[N+](=O)[O-])c(C)n1-c1cccc(I)c1. The number of nitrogens with zero attached hydrogens (tertiary/aromatic N) is 4. The van der Waals surface area contributed by atoms with Crippen LogP contribution in [0.1, 0.15) is 17.0 Å². The topological polar surface area (TPSA) is 85.3 Å². The van der Waals surface area contributed by atoms with Gasteiger partial charge in [0.1, 0.15) is 0 Å². The van der Waals surface area contributed by atoms with E-state index < -0.39 is 4.92 Å². The monoisotopic (exact) mass is 461 g/mol. The van der Waals surface area contributed by atoms with Crippen LogP contribution in [-0.4, -0.2) is 20.7 Å². The van der Waals surface area contributed by atoms with Crippen LogP contribution in [0.15, 0.2) is 53.8 Å². The number of halogens is 1. The molecule has 26 heavy (non-hydrogen) atoms. The third kappa shape index (κ3) is 3.74. The van der Waals surface area contributed by atoms with Crippen LogP contribution in [0.2, 0.25) is 0 Å². The van der Waals surface area contributed by atoms with Crippen molar-refractivity contribution in [2.75, 3.05) is 5.43 Å². The summed E-state index contributed by atoms with van der Waals surface area (Å²) in [5.41, 5.74) is 6.66. The molecule has 132 valence electrons. The molecule has 1 N–H and O–H groups in total. The van der Waals surface area contributed by atoms with Crippen LogP contribution < -0.4 is 5.43 Å². The molecule has 2 heterocycles. The summed E-state index contributed by atoms with van der Waals surface area (Å²) in [6, 6.07) is 13.1. The van der Waals surface area contributed by atoms with E-state index in [1.165, 1.54) is 18.3 Å². The number of anilines is 1. The molecule has 0 amide bonds. The molecule has 0 fully saturated rings. The first-order valence-electron chi connectivity index (χ1n) is 7.80. The predicted octanol–water partition coefficient (Wildman–Crippen LogP) is 4.45. The molecule has 0 saturated heterocycles. The lowest BCUT2D eigenvalue weighted by molar-refractivity contribution is -0.384. The quantitative estimate of drug-likeness (QED) is 0.263. The van der Waals surface area contributed by atoms with Gasteiger partial charge in [-0.1, -0.05) is 6.07 Å². The normalized spacial score (nSPS) is 11.0. The number of pyridine rings is 1. The summed E-state index contributed by atoms with van der Waals surface area (Å²) in [4.78, 5) is 14.5. The van der Waals surface area contributed by atoms with Gasteiger partial charge in [-0.2, -0.15) is 5.10 Å². The van der Waals surface area contributed by atoms with Crippen molar-refractivity contribution < 1.29 is 4.92 Å². The maximum Gasteiger partial charge on any atom is 0.313 e. The van der Waals surface area contributed by atoms with Crippen molar-refractivity contribution in [3.8, 4) is 5.69 Å². The Morgan fingerprint density at radius 2 is 2.08 bits per heavy atom. The van der Waals surface area contributed by atoms with E-state index >= 15 is 0 Å². The third-order valence-electron chi connectivity index (χ3n) is 3.89. The van der Waals surface area contributed by atoms with Gasteiger partial charge in [-0.15, -0.1) is 0 Å². The summed E-state index contributed by atoms with van der Waals surface area (Å²) in [6.45, 7) is 4.04. The lowest BCUT2D eigenvalue weighted by Gasteiger charge is -2.09. The number of nitrogens with one attached hydrogen (secondary N) is 1. The van der Waals surface area contributed by atoms with Crippen LogP contribution in [-0.2, 0) is 0 Å². The van der Waals surface area contributed by atoms with Crippen LogP contribution in [0, 0.1) is 27.5 Å². The van der Waals surface area contributed by atoms with Crippen LogP contribution >= 0.6 is 22.6 Å². The second-order valence-corrected chi connectivity index (χ2v) is 6.89. The van der Waals surface area contributed by atoms with Gasteiger partial charge in [-0.25, -0.2) is 4.98 Å². The number of hydrogen-bond donors (Lipinski definition) is 1. The number of aromatic nitrogens is 2. The van der Waals surface area contributed by atoms with E-state index in [1.54, 1.807) is 6.21 Å². The number of benzene rings is 1. The fourth-order valence-electron chi connectivity index (χ4n) is 2.72. The van der Waals surface area contributed by atoms with E-state index in [1.807, 2.05) is 32.0 Å². The van der Waals surface area contributed by atoms with E-state index in [4.69, 9.17) is 0 Å². The Kier molecular flexibility index (Phi) is 5.31. The van der Waals surface area contributed by atoms with Gasteiger partial charge in [0.05, 0.1) is 11.1 Å². The highest BCUT2D eigenvalue weighted by molar-refractivity contribution is 14.1. The van der Waals surface area contributed by atoms with Crippen LogP contribution in [0.3, 0.4) is 0 Å². The molecule has 0 bridgehead atoms. The molecule has 3 aromatic rings. The van der Waals surface area contributed by atoms with Gasteiger partial charge < -0.3 is 4.57 Å². The minimum Gasteiger partial charge on any atom is -0.318 e. The number of aryl methyl sites for hydroxylation is 1. The molecule has 7 nitrogen and oxygen atoms in total. The highest BCUT2D eigenvalue weighted by Gasteiger charge is 2.13. The standard InChI is InChI=1S/C18H16IN5O2/c1-12-9-14(13(2)23(12)16-6-3-5-15(19)10-16)11-21-22-18-17(24(25)26)7-4-8-20-18/h3-11H,1-2H3,(H,20,22)/b21-11-. The van der Waals surface area contributed by atoms with Gasteiger partial charge in [0.15, 0.2) is 0 Å². The highest BCUT2D eigenvalue weighted by atomic mass is 127. The lowest BCUT2D eigenvalue weighted by Crippen LogP contribution is -2.01. The average Bonchev–Trinajstić information content (AvgIpc) is 2.89. The molecule has 0 radical (unpaired) electrons. The van der Waals surface area contributed by atoms with Crippen LogP contribution in [0.5, 0.6) is 0 Å². The van der Waals surface area contributed by atoms with Crippen molar-refractivity contribution in [2.24, 2.45) is 5.10 Å². The first kappa shape index (κ1) is 18.1. The average molecular weight is 461 g/mol.